The van der Waals surface area contributed by atoms with Gasteiger partial charge in [-0.05, 0) is 59.7 Å². The van der Waals surface area contributed by atoms with E-state index in [0.717, 1.165) is 24.7 Å². The molecule has 0 atom stereocenters. The van der Waals surface area contributed by atoms with Gasteiger partial charge in [-0.2, -0.15) is 0 Å². The maximum absolute atomic E-state index is 4.63. The zero-order valence-corrected chi connectivity index (χ0v) is 16.9. The first-order chi connectivity index (χ1) is 12.7. The van der Waals surface area contributed by atoms with E-state index in [0.29, 0.717) is 0 Å². The van der Waals surface area contributed by atoms with Crippen molar-refractivity contribution in [1.82, 2.24) is 4.98 Å². The molecule has 1 fully saturated rings. The molecule has 0 bridgehead atoms. The summed E-state index contributed by atoms with van der Waals surface area (Å²) in [5, 5.41) is 2.55. The van der Waals surface area contributed by atoms with Gasteiger partial charge < -0.3 is 4.90 Å². The molecular weight excluding hydrogens is 352 g/mol. The summed E-state index contributed by atoms with van der Waals surface area (Å²) < 4.78 is 0. The van der Waals surface area contributed by atoms with Crippen LogP contribution < -0.4 is 4.90 Å². The average Bonchev–Trinajstić information content (AvgIpc) is 2.68. The molecule has 1 aromatic heterocycles. The summed E-state index contributed by atoms with van der Waals surface area (Å²) in [4.78, 5) is 7.15. The fourth-order valence-corrected chi connectivity index (χ4v) is 3.78. The smallest absolute Gasteiger partial charge is 0.0650 e. The highest BCUT2D eigenvalue weighted by Gasteiger charge is 2.17. The van der Waals surface area contributed by atoms with Crippen LogP contribution >= 0.6 is 12.4 Å². The van der Waals surface area contributed by atoms with Crippen molar-refractivity contribution >= 4 is 41.0 Å². The van der Waals surface area contributed by atoms with E-state index in [-0.39, 0.29) is 12.4 Å². The number of benzene rings is 2. The number of aromatic nitrogens is 1. The first kappa shape index (κ1) is 19.4. The summed E-state index contributed by atoms with van der Waals surface area (Å²) in [6.45, 7) is 6.82. The standard InChI is InChI=1S/C24H26N2.ClH/c1-18-12-14-26(15-13-18)24-16-22(25-17-19(24)2)11-10-21-8-5-7-20-6-3-4-9-23(20)21;/h3-11,16-18H,12-15H2,1-2H3;1H. The molecule has 2 nitrogen and oxygen atoms in total. The van der Waals surface area contributed by atoms with E-state index in [4.69, 9.17) is 0 Å². The number of aryl methyl sites for hydroxylation is 1. The maximum Gasteiger partial charge on any atom is 0.0650 e. The monoisotopic (exact) mass is 378 g/mol. The van der Waals surface area contributed by atoms with Gasteiger partial charge in [0.1, 0.15) is 0 Å². The third-order valence-corrected chi connectivity index (χ3v) is 5.48. The lowest BCUT2D eigenvalue weighted by Crippen LogP contribution is -2.33. The number of anilines is 1. The van der Waals surface area contributed by atoms with Crippen LogP contribution in [-0.4, -0.2) is 18.1 Å². The van der Waals surface area contributed by atoms with Crippen molar-refractivity contribution in [2.24, 2.45) is 5.92 Å². The van der Waals surface area contributed by atoms with Gasteiger partial charge in [0.15, 0.2) is 0 Å². The molecule has 0 aliphatic carbocycles. The number of fused-ring (bicyclic) bond motifs is 1. The van der Waals surface area contributed by atoms with Crippen molar-refractivity contribution < 1.29 is 0 Å². The third-order valence-electron chi connectivity index (χ3n) is 5.48. The first-order valence-electron chi connectivity index (χ1n) is 9.58. The Morgan fingerprint density at radius 2 is 1.74 bits per heavy atom. The minimum absolute atomic E-state index is 0. The van der Waals surface area contributed by atoms with Crippen LogP contribution in [0.4, 0.5) is 5.69 Å². The molecule has 3 heteroatoms. The summed E-state index contributed by atoms with van der Waals surface area (Å²) in [6, 6.07) is 17.2. The summed E-state index contributed by atoms with van der Waals surface area (Å²) in [6.07, 6.45) is 8.89. The fourth-order valence-electron chi connectivity index (χ4n) is 3.78. The summed E-state index contributed by atoms with van der Waals surface area (Å²) in [5.41, 5.74) is 4.86. The van der Waals surface area contributed by atoms with Crippen LogP contribution in [0.1, 0.15) is 36.6 Å². The van der Waals surface area contributed by atoms with Crippen molar-refractivity contribution in [2.45, 2.75) is 26.7 Å². The molecule has 0 spiro atoms. The Kier molecular flexibility index (Phi) is 6.18. The minimum Gasteiger partial charge on any atom is -0.371 e. The van der Waals surface area contributed by atoms with Crippen LogP contribution in [0, 0.1) is 12.8 Å². The molecule has 27 heavy (non-hydrogen) atoms. The summed E-state index contributed by atoms with van der Waals surface area (Å²) in [7, 11) is 0. The minimum atomic E-state index is 0. The molecule has 0 unspecified atom stereocenters. The Morgan fingerprint density at radius 1 is 1.00 bits per heavy atom. The summed E-state index contributed by atoms with van der Waals surface area (Å²) in [5.74, 6) is 0.846. The van der Waals surface area contributed by atoms with E-state index >= 15 is 0 Å². The van der Waals surface area contributed by atoms with Crippen molar-refractivity contribution in [3.8, 4) is 0 Å². The number of halogens is 1. The Labute approximate surface area is 168 Å². The molecule has 2 aromatic carbocycles. The van der Waals surface area contributed by atoms with Crippen LogP contribution in [0.15, 0.2) is 54.7 Å². The molecule has 1 aliphatic heterocycles. The molecule has 0 amide bonds. The SMILES string of the molecule is Cc1cnc(C=Cc2cccc3ccccc23)cc1N1CCC(C)CC1.Cl. The largest absolute Gasteiger partial charge is 0.371 e. The molecule has 140 valence electrons. The number of piperidine rings is 1. The number of hydrogen-bond donors (Lipinski definition) is 0. The van der Waals surface area contributed by atoms with E-state index < -0.39 is 0 Å². The maximum atomic E-state index is 4.63. The van der Waals surface area contributed by atoms with Crippen molar-refractivity contribution in [1.29, 1.82) is 0 Å². The topological polar surface area (TPSA) is 16.1 Å². The first-order valence-corrected chi connectivity index (χ1v) is 9.58. The van der Waals surface area contributed by atoms with Crippen molar-refractivity contribution in [2.75, 3.05) is 18.0 Å². The molecule has 2 heterocycles. The van der Waals surface area contributed by atoms with Gasteiger partial charge in [0.2, 0.25) is 0 Å². The molecule has 0 N–H and O–H groups in total. The number of rotatable bonds is 3. The quantitative estimate of drug-likeness (QED) is 0.526. The molecular formula is C24H27ClN2. The average molecular weight is 379 g/mol. The van der Waals surface area contributed by atoms with Gasteiger partial charge >= 0.3 is 0 Å². The molecule has 1 aliphatic rings. The van der Waals surface area contributed by atoms with Gasteiger partial charge in [-0.15, -0.1) is 12.4 Å². The van der Waals surface area contributed by atoms with E-state index in [1.807, 2.05) is 6.20 Å². The molecule has 3 aromatic rings. The van der Waals surface area contributed by atoms with Gasteiger partial charge in [-0.3, -0.25) is 4.98 Å². The van der Waals surface area contributed by atoms with E-state index in [9.17, 15) is 0 Å². The van der Waals surface area contributed by atoms with E-state index in [2.05, 4.69) is 84.4 Å². The number of nitrogens with zero attached hydrogens (tertiary/aromatic N) is 2. The second kappa shape index (κ2) is 8.58. The van der Waals surface area contributed by atoms with Crippen molar-refractivity contribution in [3.05, 3.63) is 71.5 Å². The molecule has 0 radical (unpaired) electrons. The zero-order chi connectivity index (χ0) is 17.9. The number of pyridine rings is 1. The Balaban J connectivity index is 0.00000210. The van der Waals surface area contributed by atoms with Crippen molar-refractivity contribution in [3.63, 3.8) is 0 Å². The second-order valence-corrected chi connectivity index (χ2v) is 7.47. The highest BCUT2D eigenvalue weighted by molar-refractivity contribution is 5.92. The molecule has 4 rings (SSSR count). The van der Waals surface area contributed by atoms with Crippen LogP contribution in [-0.2, 0) is 0 Å². The Morgan fingerprint density at radius 3 is 2.56 bits per heavy atom. The van der Waals surface area contributed by atoms with Gasteiger partial charge in [-0.25, -0.2) is 0 Å². The van der Waals surface area contributed by atoms with Gasteiger partial charge in [0, 0.05) is 25.0 Å². The van der Waals surface area contributed by atoms with Crippen LogP contribution in [0.3, 0.4) is 0 Å². The van der Waals surface area contributed by atoms with Crippen LogP contribution in [0.5, 0.6) is 0 Å². The van der Waals surface area contributed by atoms with Gasteiger partial charge in [-0.1, -0.05) is 55.5 Å². The normalized spacial score (nSPS) is 15.3. The highest BCUT2D eigenvalue weighted by atomic mass is 35.5. The van der Waals surface area contributed by atoms with Gasteiger partial charge in [0.25, 0.3) is 0 Å². The lowest BCUT2D eigenvalue weighted by Gasteiger charge is -2.33. The zero-order valence-electron chi connectivity index (χ0n) is 16.1. The lowest BCUT2D eigenvalue weighted by atomic mass is 9.98. The molecule has 0 saturated carbocycles. The predicted octanol–water partition coefficient (Wildman–Crippen LogP) is 6.37. The predicted molar refractivity (Wildman–Crippen MR) is 120 cm³/mol. The highest BCUT2D eigenvalue weighted by Crippen LogP contribution is 2.27. The fraction of sp³-hybridized carbons (Fsp3) is 0.292. The van der Waals surface area contributed by atoms with Crippen LogP contribution in [0.2, 0.25) is 0 Å². The molecule has 1 saturated heterocycles. The van der Waals surface area contributed by atoms with E-state index in [1.54, 1.807) is 0 Å². The Hall–Kier alpha value is -2.32. The Bertz CT molecular complexity index is 935. The van der Waals surface area contributed by atoms with Gasteiger partial charge in [0.05, 0.1) is 5.69 Å². The summed E-state index contributed by atoms with van der Waals surface area (Å²) >= 11 is 0. The lowest BCUT2D eigenvalue weighted by molar-refractivity contribution is 0.438. The van der Waals surface area contributed by atoms with E-state index in [1.165, 1.54) is 40.4 Å². The second-order valence-electron chi connectivity index (χ2n) is 7.47. The number of hydrogen-bond acceptors (Lipinski definition) is 2. The third kappa shape index (κ3) is 4.33. The van der Waals surface area contributed by atoms with Crippen LogP contribution in [0.25, 0.3) is 22.9 Å².